The van der Waals surface area contributed by atoms with Crippen LogP contribution in [0.2, 0.25) is 0 Å². The fraction of sp³-hybridized carbons (Fsp3) is 0.600. The van der Waals surface area contributed by atoms with Crippen LogP contribution in [0.15, 0.2) is 5.38 Å². The van der Waals surface area contributed by atoms with Gasteiger partial charge in [0, 0.05) is 18.5 Å². The molecule has 0 aliphatic heterocycles. The number of nitrogens with zero attached hydrogens (tertiary/aromatic N) is 1. The van der Waals surface area contributed by atoms with Crippen LogP contribution in [0.1, 0.15) is 18.5 Å². The van der Waals surface area contributed by atoms with Crippen molar-refractivity contribution in [3.05, 3.63) is 11.1 Å². The average Bonchev–Trinajstić information content (AvgIpc) is 2.57. The van der Waals surface area contributed by atoms with Gasteiger partial charge in [0.15, 0.2) is 5.13 Å². The van der Waals surface area contributed by atoms with Crippen LogP contribution in [0.3, 0.4) is 0 Å². The number of thiazole rings is 1. The Balaban J connectivity index is 1.82. The van der Waals surface area contributed by atoms with E-state index in [2.05, 4.69) is 10.3 Å². The summed E-state index contributed by atoms with van der Waals surface area (Å²) < 4.78 is 5.18. The van der Waals surface area contributed by atoms with Crippen molar-refractivity contribution in [2.24, 2.45) is 0 Å². The molecule has 1 aliphatic carbocycles. The van der Waals surface area contributed by atoms with Crippen molar-refractivity contribution in [1.29, 1.82) is 0 Å². The summed E-state index contributed by atoms with van der Waals surface area (Å²) in [6.45, 7) is 0. The zero-order valence-corrected chi connectivity index (χ0v) is 9.79. The second kappa shape index (κ2) is 4.80. The second-order valence-corrected chi connectivity index (χ2v) is 4.74. The SMILES string of the molecule is COC1CC(Nc2nc(CC(=O)O)cs2)C1. The Bertz CT molecular complexity index is 374. The van der Waals surface area contributed by atoms with Crippen LogP contribution in [0.25, 0.3) is 0 Å². The van der Waals surface area contributed by atoms with Crippen molar-refractivity contribution >= 4 is 22.4 Å². The van der Waals surface area contributed by atoms with Gasteiger partial charge in [-0.3, -0.25) is 4.79 Å². The van der Waals surface area contributed by atoms with Gasteiger partial charge in [-0.15, -0.1) is 11.3 Å². The number of hydrogen-bond donors (Lipinski definition) is 2. The zero-order chi connectivity index (χ0) is 11.5. The first-order valence-electron chi connectivity index (χ1n) is 5.13. The molecule has 0 amide bonds. The van der Waals surface area contributed by atoms with Gasteiger partial charge in [-0.1, -0.05) is 0 Å². The van der Waals surface area contributed by atoms with Crippen LogP contribution in [0.5, 0.6) is 0 Å². The highest BCUT2D eigenvalue weighted by molar-refractivity contribution is 7.13. The number of carboxylic acids is 1. The van der Waals surface area contributed by atoms with Gasteiger partial charge in [0.05, 0.1) is 18.2 Å². The Morgan fingerprint density at radius 1 is 1.75 bits per heavy atom. The lowest BCUT2D eigenvalue weighted by molar-refractivity contribution is -0.136. The van der Waals surface area contributed by atoms with E-state index in [1.165, 1.54) is 11.3 Å². The number of rotatable bonds is 5. The summed E-state index contributed by atoms with van der Waals surface area (Å²) in [4.78, 5) is 14.7. The third kappa shape index (κ3) is 2.70. The number of aromatic nitrogens is 1. The number of hydrogen-bond acceptors (Lipinski definition) is 5. The number of anilines is 1. The first kappa shape index (κ1) is 11.3. The van der Waals surface area contributed by atoms with Crippen molar-refractivity contribution in [2.45, 2.75) is 31.4 Å². The third-order valence-corrected chi connectivity index (χ3v) is 3.46. The molecule has 1 aliphatic rings. The van der Waals surface area contributed by atoms with E-state index in [9.17, 15) is 4.79 Å². The molecule has 1 aromatic heterocycles. The number of ether oxygens (including phenoxy) is 1. The molecule has 5 nitrogen and oxygen atoms in total. The molecular formula is C10H14N2O3S. The van der Waals surface area contributed by atoms with Crippen molar-refractivity contribution in [2.75, 3.05) is 12.4 Å². The highest BCUT2D eigenvalue weighted by atomic mass is 32.1. The molecule has 0 radical (unpaired) electrons. The molecule has 1 heterocycles. The smallest absolute Gasteiger partial charge is 0.309 e. The van der Waals surface area contributed by atoms with Gasteiger partial charge in [0.2, 0.25) is 0 Å². The first-order valence-corrected chi connectivity index (χ1v) is 6.01. The molecule has 16 heavy (non-hydrogen) atoms. The summed E-state index contributed by atoms with van der Waals surface area (Å²) >= 11 is 1.45. The fourth-order valence-electron chi connectivity index (χ4n) is 1.66. The van der Waals surface area contributed by atoms with Gasteiger partial charge in [-0.25, -0.2) is 4.98 Å². The normalized spacial score (nSPS) is 23.8. The van der Waals surface area contributed by atoms with Crippen molar-refractivity contribution in [1.82, 2.24) is 4.98 Å². The quantitative estimate of drug-likeness (QED) is 0.815. The van der Waals surface area contributed by atoms with E-state index in [0.717, 1.165) is 18.0 Å². The van der Waals surface area contributed by atoms with Gasteiger partial charge in [-0.2, -0.15) is 0 Å². The Morgan fingerprint density at radius 3 is 3.12 bits per heavy atom. The van der Waals surface area contributed by atoms with Gasteiger partial charge >= 0.3 is 5.97 Å². The van der Waals surface area contributed by atoms with E-state index in [1.807, 2.05) is 0 Å². The summed E-state index contributed by atoms with van der Waals surface area (Å²) in [5, 5.41) is 14.5. The van der Waals surface area contributed by atoms with Crippen molar-refractivity contribution in [3.63, 3.8) is 0 Å². The monoisotopic (exact) mass is 242 g/mol. The minimum absolute atomic E-state index is 0.0104. The molecule has 0 spiro atoms. The lowest BCUT2D eigenvalue weighted by Crippen LogP contribution is -2.40. The van der Waals surface area contributed by atoms with Crippen LogP contribution in [-0.4, -0.2) is 35.3 Å². The molecule has 1 saturated carbocycles. The maximum Gasteiger partial charge on any atom is 0.309 e. The van der Waals surface area contributed by atoms with Gasteiger partial charge < -0.3 is 15.2 Å². The highest BCUT2D eigenvalue weighted by Crippen LogP contribution is 2.27. The van der Waals surface area contributed by atoms with E-state index in [4.69, 9.17) is 9.84 Å². The molecule has 0 unspecified atom stereocenters. The number of aliphatic carboxylic acids is 1. The lowest BCUT2D eigenvalue weighted by atomic mass is 9.89. The van der Waals surface area contributed by atoms with Crippen LogP contribution in [0, 0.1) is 0 Å². The molecule has 1 fully saturated rings. The van der Waals surface area contributed by atoms with Gasteiger partial charge in [0.1, 0.15) is 0 Å². The van der Waals surface area contributed by atoms with Gasteiger partial charge in [-0.05, 0) is 12.8 Å². The molecule has 88 valence electrons. The topological polar surface area (TPSA) is 71.5 Å². The first-order chi connectivity index (χ1) is 7.67. The highest BCUT2D eigenvalue weighted by Gasteiger charge is 2.29. The predicted octanol–water partition coefficient (Wildman–Crippen LogP) is 1.36. The maximum atomic E-state index is 10.5. The molecule has 2 N–H and O–H groups in total. The molecule has 1 aromatic rings. The largest absolute Gasteiger partial charge is 0.481 e. The molecule has 0 saturated heterocycles. The summed E-state index contributed by atoms with van der Waals surface area (Å²) in [5.74, 6) is -0.847. The molecule has 0 atom stereocenters. The molecule has 0 aromatic carbocycles. The number of carboxylic acid groups (broad SMARTS) is 1. The van der Waals surface area contributed by atoms with E-state index in [-0.39, 0.29) is 6.42 Å². The minimum Gasteiger partial charge on any atom is -0.481 e. The van der Waals surface area contributed by atoms with Crippen molar-refractivity contribution < 1.29 is 14.6 Å². The minimum atomic E-state index is -0.847. The molecule has 2 rings (SSSR count). The summed E-state index contributed by atoms with van der Waals surface area (Å²) in [5.41, 5.74) is 0.614. The van der Waals surface area contributed by atoms with E-state index in [1.54, 1.807) is 12.5 Å². The fourth-order valence-corrected chi connectivity index (χ4v) is 2.45. The third-order valence-electron chi connectivity index (χ3n) is 2.64. The number of methoxy groups -OCH3 is 1. The lowest BCUT2D eigenvalue weighted by Gasteiger charge is -2.34. The molecular weight excluding hydrogens is 228 g/mol. The summed E-state index contributed by atoms with van der Waals surface area (Å²) in [7, 11) is 1.72. The predicted molar refractivity (Wildman–Crippen MR) is 60.9 cm³/mol. The average molecular weight is 242 g/mol. The standard InChI is InChI=1S/C10H14N2O3S/c1-15-8-2-6(3-8)11-10-12-7(5-16-10)4-9(13)14/h5-6,8H,2-4H2,1H3,(H,11,12)(H,13,14). The Hall–Kier alpha value is -1.14. The Kier molecular flexibility index (Phi) is 3.40. The Morgan fingerprint density at radius 2 is 2.50 bits per heavy atom. The Labute approximate surface area is 97.5 Å². The van der Waals surface area contributed by atoms with E-state index < -0.39 is 5.97 Å². The number of carbonyl (C=O) groups is 1. The van der Waals surface area contributed by atoms with Crippen LogP contribution in [-0.2, 0) is 16.0 Å². The zero-order valence-electron chi connectivity index (χ0n) is 8.97. The molecule has 0 bridgehead atoms. The summed E-state index contributed by atoms with van der Waals surface area (Å²) in [6.07, 6.45) is 2.33. The van der Waals surface area contributed by atoms with E-state index in [0.29, 0.717) is 17.8 Å². The van der Waals surface area contributed by atoms with Gasteiger partial charge in [0.25, 0.3) is 0 Å². The van der Waals surface area contributed by atoms with Crippen LogP contribution >= 0.6 is 11.3 Å². The van der Waals surface area contributed by atoms with Crippen LogP contribution in [0.4, 0.5) is 5.13 Å². The maximum absolute atomic E-state index is 10.5. The molecule has 6 heteroatoms. The van der Waals surface area contributed by atoms with E-state index >= 15 is 0 Å². The van der Waals surface area contributed by atoms with Crippen molar-refractivity contribution in [3.8, 4) is 0 Å². The number of nitrogens with one attached hydrogen (secondary N) is 1. The second-order valence-electron chi connectivity index (χ2n) is 3.88. The van der Waals surface area contributed by atoms with Crippen LogP contribution < -0.4 is 5.32 Å². The summed E-state index contributed by atoms with van der Waals surface area (Å²) in [6, 6.07) is 0.411.